The summed E-state index contributed by atoms with van der Waals surface area (Å²) in [6.45, 7) is 0.719. The fraction of sp³-hybridized carbons (Fsp3) is 0.200. The lowest BCUT2D eigenvalue weighted by Gasteiger charge is -2.11. The number of rotatable bonds is 3. The Hall–Kier alpha value is -2.29. The average Bonchev–Trinajstić information content (AvgIpc) is 3.23. The van der Waals surface area contributed by atoms with E-state index in [1.54, 1.807) is 12.1 Å². The predicted octanol–water partition coefficient (Wildman–Crippen LogP) is 5.09. The summed E-state index contributed by atoms with van der Waals surface area (Å²) in [7, 11) is -3.83. The van der Waals surface area contributed by atoms with Crippen molar-refractivity contribution in [2.75, 3.05) is 0 Å². The van der Waals surface area contributed by atoms with Crippen LogP contribution >= 0.6 is 11.6 Å². The van der Waals surface area contributed by atoms with Crippen molar-refractivity contribution >= 4 is 21.6 Å². The summed E-state index contributed by atoms with van der Waals surface area (Å²) in [5.41, 5.74) is 2.98. The first-order chi connectivity index (χ1) is 13.6. The lowest BCUT2D eigenvalue weighted by molar-refractivity contribution is -0.137. The molecule has 152 valence electrons. The van der Waals surface area contributed by atoms with Gasteiger partial charge in [0.05, 0.1) is 10.5 Å². The van der Waals surface area contributed by atoms with E-state index in [1.807, 2.05) is 4.57 Å². The number of alkyl halides is 3. The molecule has 0 unspecified atom stereocenters. The minimum atomic E-state index is -4.42. The van der Waals surface area contributed by atoms with E-state index >= 15 is 0 Å². The van der Waals surface area contributed by atoms with Gasteiger partial charge in [-0.1, -0.05) is 35.9 Å². The normalized spacial score (nSPS) is 14.2. The van der Waals surface area contributed by atoms with E-state index in [-0.39, 0.29) is 4.90 Å². The van der Waals surface area contributed by atoms with Crippen LogP contribution in [0.25, 0.3) is 22.3 Å². The van der Waals surface area contributed by atoms with Gasteiger partial charge in [0.15, 0.2) is 0 Å². The molecule has 1 aliphatic heterocycles. The van der Waals surface area contributed by atoms with Crippen LogP contribution in [0.3, 0.4) is 0 Å². The first-order valence-electron chi connectivity index (χ1n) is 8.79. The molecular formula is C20H16ClF3N2O2S. The van der Waals surface area contributed by atoms with E-state index in [0.717, 1.165) is 48.3 Å². The Balaban J connectivity index is 1.88. The number of sulfonamides is 1. The van der Waals surface area contributed by atoms with Gasteiger partial charge in [0, 0.05) is 23.4 Å². The summed E-state index contributed by atoms with van der Waals surface area (Å²) in [6.07, 6.45) is -2.74. The summed E-state index contributed by atoms with van der Waals surface area (Å²) in [4.78, 5) is -0.0146. The highest BCUT2D eigenvalue weighted by molar-refractivity contribution is 7.89. The van der Waals surface area contributed by atoms with Crippen LogP contribution in [0.5, 0.6) is 0 Å². The number of fused-ring (bicyclic) bond motifs is 1. The molecule has 2 N–H and O–H groups in total. The van der Waals surface area contributed by atoms with Gasteiger partial charge in [-0.25, -0.2) is 13.6 Å². The van der Waals surface area contributed by atoms with Crippen molar-refractivity contribution < 1.29 is 21.6 Å². The van der Waals surface area contributed by atoms with E-state index < -0.39 is 21.8 Å². The number of halogens is 4. The van der Waals surface area contributed by atoms with Gasteiger partial charge in [-0.3, -0.25) is 0 Å². The maximum Gasteiger partial charge on any atom is 0.416 e. The van der Waals surface area contributed by atoms with Gasteiger partial charge in [0.2, 0.25) is 10.0 Å². The summed E-state index contributed by atoms with van der Waals surface area (Å²) < 4.78 is 63.8. The largest absolute Gasteiger partial charge is 0.416 e. The monoisotopic (exact) mass is 440 g/mol. The second-order valence-electron chi connectivity index (χ2n) is 6.89. The second-order valence-corrected chi connectivity index (χ2v) is 8.81. The summed E-state index contributed by atoms with van der Waals surface area (Å²) in [5.74, 6) is 0. The van der Waals surface area contributed by atoms with Crippen molar-refractivity contribution in [1.29, 1.82) is 0 Å². The second kappa shape index (κ2) is 6.90. The molecule has 29 heavy (non-hydrogen) atoms. The van der Waals surface area contributed by atoms with Crippen LogP contribution in [-0.4, -0.2) is 13.0 Å². The van der Waals surface area contributed by atoms with Gasteiger partial charge in [-0.15, -0.1) is 0 Å². The van der Waals surface area contributed by atoms with Crippen LogP contribution in [0, 0.1) is 0 Å². The SMILES string of the molecule is NS(=O)(=O)c1ccc(-c2c(-c3ccc(C(F)(F)F)cc3)c(Cl)n3c2CCC3)cc1. The Bertz CT molecular complexity index is 1180. The minimum absolute atomic E-state index is 0.0146. The standard InChI is InChI=1S/C20H16ClF3N2O2S/c21-19-18(13-3-7-14(8-4-13)20(22,23)24)17(16-2-1-11-26(16)19)12-5-9-15(10-6-12)29(25,27)28/h3-10H,1-2,11H2,(H2,25,27,28). The van der Waals surface area contributed by atoms with Crippen LogP contribution in [0.2, 0.25) is 5.15 Å². The number of benzene rings is 2. The van der Waals surface area contributed by atoms with Crippen molar-refractivity contribution in [2.45, 2.75) is 30.5 Å². The zero-order valence-electron chi connectivity index (χ0n) is 15.0. The zero-order chi connectivity index (χ0) is 21.0. The number of nitrogens with two attached hydrogens (primary N) is 1. The molecule has 3 aromatic rings. The lowest BCUT2D eigenvalue weighted by Crippen LogP contribution is -2.11. The molecule has 0 atom stereocenters. The highest BCUT2D eigenvalue weighted by Gasteiger charge is 2.31. The molecule has 4 nitrogen and oxygen atoms in total. The first kappa shape index (κ1) is 20.0. The fourth-order valence-electron chi connectivity index (χ4n) is 3.75. The Morgan fingerprint density at radius 2 is 1.48 bits per heavy atom. The molecule has 0 radical (unpaired) electrons. The van der Waals surface area contributed by atoms with Crippen molar-refractivity contribution in [1.82, 2.24) is 4.57 Å². The molecule has 0 saturated heterocycles. The van der Waals surface area contributed by atoms with Crippen LogP contribution in [0.15, 0.2) is 53.4 Å². The van der Waals surface area contributed by atoms with Crippen LogP contribution in [0.1, 0.15) is 17.7 Å². The molecule has 2 heterocycles. The molecule has 2 aromatic carbocycles. The number of hydrogen-bond acceptors (Lipinski definition) is 2. The van der Waals surface area contributed by atoms with Gasteiger partial charge in [0.1, 0.15) is 5.15 Å². The van der Waals surface area contributed by atoms with Gasteiger partial charge in [-0.2, -0.15) is 13.2 Å². The van der Waals surface area contributed by atoms with Crippen molar-refractivity contribution in [3.8, 4) is 22.3 Å². The summed E-state index contributed by atoms with van der Waals surface area (Å²) in [5, 5.41) is 5.63. The number of aromatic nitrogens is 1. The highest BCUT2D eigenvalue weighted by Crippen LogP contribution is 2.45. The van der Waals surface area contributed by atoms with Crippen molar-refractivity contribution in [2.24, 2.45) is 5.14 Å². The molecule has 0 spiro atoms. The number of hydrogen-bond donors (Lipinski definition) is 1. The number of nitrogens with zero attached hydrogens (tertiary/aromatic N) is 1. The Morgan fingerprint density at radius 3 is 2.03 bits per heavy atom. The molecule has 0 saturated carbocycles. The quantitative estimate of drug-likeness (QED) is 0.616. The third kappa shape index (κ3) is 3.56. The van der Waals surface area contributed by atoms with E-state index in [2.05, 4.69) is 0 Å². The maximum atomic E-state index is 12.9. The van der Waals surface area contributed by atoms with E-state index in [0.29, 0.717) is 16.3 Å². The maximum absolute atomic E-state index is 12.9. The average molecular weight is 441 g/mol. The van der Waals surface area contributed by atoms with Crippen molar-refractivity contribution in [3.63, 3.8) is 0 Å². The van der Waals surface area contributed by atoms with Crippen LogP contribution in [0.4, 0.5) is 13.2 Å². The highest BCUT2D eigenvalue weighted by atomic mass is 35.5. The van der Waals surface area contributed by atoms with Crippen LogP contribution in [-0.2, 0) is 29.2 Å². The molecule has 0 bridgehead atoms. The smallest absolute Gasteiger partial charge is 0.335 e. The lowest BCUT2D eigenvalue weighted by atomic mass is 9.95. The minimum Gasteiger partial charge on any atom is -0.335 e. The molecule has 9 heteroatoms. The van der Waals surface area contributed by atoms with Gasteiger partial charge < -0.3 is 4.57 Å². The molecule has 0 aliphatic carbocycles. The van der Waals surface area contributed by atoms with Gasteiger partial charge in [0.25, 0.3) is 0 Å². The Labute approximate surface area is 170 Å². The summed E-state index contributed by atoms with van der Waals surface area (Å²) in [6, 6.07) is 11.0. The van der Waals surface area contributed by atoms with Gasteiger partial charge >= 0.3 is 6.18 Å². The third-order valence-corrected chi connectivity index (χ3v) is 6.40. The zero-order valence-corrected chi connectivity index (χ0v) is 16.6. The molecule has 0 fully saturated rings. The van der Waals surface area contributed by atoms with Crippen LogP contribution < -0.4 is 5.14 Å². The number of primary sulfonamides is 1. The molecule has 0 amide bonds. The van der Waals surface area contributed by atoms with E-state index in [9.17, 15) is 21.6 Å². The molecule has 1 aliphatic rings. The molecular weight excluding hydrogens is 425 g/mol. The Kier molecular flexibility index (Phi) is 4.76. The fourth-order valence-corrected chi connectivity index (χ4v) is 4.65. The van der Waals surface area contributed by atoms with Gasteiger partial charge in [-0.05, 0) is 48.2 Å². The first-order valence-corrected chi connectivity index (χ1v) is 10.7. The topological polar surface area (TPSA) is 65.1 Å². The summed E-state index contributed by atoms with van der Waals surface area (Å²) >= 11 is 6.62. The third-order valence-electron chi connectivity index (χ3n) is 5.08. The van der Waals surface area contributed by atoms with E-state index in [4.69, 9.17) is 16.7 Å². The molecule has 4 rings (SSSR count). The molecule has 1 aromatic heterocycles. The van der Waals surface area contributed by atoms with Crippen molar-refractivity contribution in [3.05, 3.63) is 64.9 Å². The predicted molar refractivity (Wildman–Crippen MR) is 105 cm³/mol. The Morgan fingerprint density at radius 1 is 0.931 bits per heavy atom. The van der Waals surface area contributed by atoms with E-state index in [1.165, 1.54) is 24.3 Å².